The maximum atomic E-state index is 11.8. The van der Waals surface area contributed by atoms with Crippen LogP contribution < -0.4 is 10.9 Å². The van der Waals surface area contributed by atoms with Crippen LogP contribution in [0.2, 0.25) is 0 Å². The predicted octanol–water partition coefficient (Wildman–Crippen LogP) is -0.492. The smallest absolute Gasteiger partial charge is 0.279 e. The van der Waals surface area contributed by atoms with E-state index in [9.17, 15) is 9.59 Å². The first-order chi connectivity index (χ1) is 7.84. The Morgan fingerprint density at radius 2 is 2.12 bits per heavy atom. The average molecular weight is 239 g/mol. The number of nitrogens with zero attached hydrogens (tertiary/aromatic N) is 2. The molecule has 1 heterocycles. The van der Waals surface area contributed by atoms with Crippen LogP contribution in [0.1, 0.15) is 28.5 Å². The van der Waals surface area contributed by atoms with Gasteiger partial charge in [0, 0.05) is 13.6 Å². The fourth-order valence-corrected chi connectivity index (χ4v) is 1.44. The zero-order chi connectivity index (χ0) is 13.2. The van der Waals surface area contributed by atoms with Crippen molar-refractivity contribution in [3.63, 3.8) is 0 Å². The van der Waals surface area contributed by atoms with E-state index in [0.29, 0.717) is 11.3 Å². The lowest BCUT2D eigenvalue weighted by atomic mass is 10.1. The molecule has 1 atom stereocenters. The molecule has 0 saturated carbocycles. The summed E-state index contributed by atoms with van der Waals surface area (Å²) in [5.74, 6) is -0.477. The standard InChI is InChI=1S/C11H17N3O3/c1-6(15)5-12-10(16)9-7(2)8(3)13-14(4)11(9)17/h6,15H,5H2,1-4H3,(H,12,16). The largest absolute Gasteiger partial charge is 0.392 e. The van der Waals surface area contributed by atoms with Gasteiger partial charge in [0.15, 0.2) is 0 Å². The van der Waals surface area contributed by atoms with Crippen LogP contribution in [-0.4, -0.2) is 33.4 Å². The molecule has 6 heteroatoms. The minimum atomic E-state index is -0.647. The van der Waals surface area contributed by atoms with Crippen molar-refractivity contribution in [2.75, 3.05) is 6.54 Å². The maximum Gasteiger partial charge on any atom is 0.279 e. The highest BCUT2D eigenvalue weighted by molar-refractivity contribution is 5.95. The van der Waals surface area contributed by atoms with Crippen molar-refractivity contribution in [3.8, 4) is 0 Å². The summed E-state index contributed by atoms with van der Waals surface area (Å²) in [5.41, 5.74) is 0.849. The van der Waals surface area contributed by atoms with Gasteiger partial charge in [0.05, 0.1) is 11.8 Å². The summed E-state index contributed by atoms with van der Waals surface area (Å²) in [6.07, 6.45) is -0.647. The van der Waals surface area contributed by atoms with E-state index in [2.05, 4.69) is 10.4 Å². The lowest BCUT2D eigenvalue weighted by molar-refractivity contribution is 0.0920. The minimum absolute atomic E-state index is 0.0839. The molecule has 0 radical (unpaired) electrons. The third-order valence-electron chi connectivity index (χ3n) is 2.51. The minimum Gasteiger partial charge on any atom is -0.392 e. The highest BCUT2D eigenvalue weighted by Gasteiger charge is 2.17. The van der Waals surface area contributed by atoms with E-state index in [-0.39, 0.29) is 12.1 Å². The number of amides is 1. The first-order valence-electron chi connectivity index (χ1n) is 5.35. The number of aliphatic hydroxyl groups is 1. The molecular formula is C11H17N3O3. The lowest BCUT2D eigenvalue weighted by Gasteiger charge is -2.11. The Bertz CT molecular complexity index is 491. The van der Waals surface area contributed by atoms with Gasteiger partial charge in [0.1, 0.15) is 5.56 Å². The van der Waals surface area contributed by atoms with Gasteiger partial charge in [0.2, 0.25) is 0 Å². The Balaban J connectivity index is 3.13. The van der Waals surface area contributed by atoms with E-state index >= 15 is 0 Å². The molecule has 1 amide bonds. The number of carbonyl (C=O) groups is 1. The molecule has 0 bridgehead atoms. The van der Waals surface area contributed by atoms with Crippen LogP contribution in [0.4, 0.5) is 0 Å². The van der Waals surface area contributed by atoms with Crippen molar-refractivity contribution in [2.24, 2.45) is 7.05 Å². The van der Waals surface area contributed by atoms with Gasteiger partial charge in [-0.3, -0.25) is 9.59 Å². The summed E-state index contributed by atoms with van der Waals surface area (Å²) < 4.78 is 1.14. The van der Waals surface area contributed by atoms with Crippen molar-refractivity contribution >= 4 is 5.91 Å². The summed E-state index contributed by atoms with van der Waals surface area (Å²) in [5, 5.41) is 15.6. The topological polar surface area (TPSA) is 84.2 Å². The van der Waals surface area contributed by atoms with Crippen molar-refractivity contribution in [2.45, 2.75) is 26.9 Å². The number of carbonyl (C=O) groups excluding carboxylic acids is 1. The number of aliphatic hydroxyl groups excluding tert-OH is 1. The van der Waals surface area contributed by atoms with Crippen molar-refractivity contribution in [3.05, 3.63) is 27.2 Å². The number of aryl methyl sites for hydroxylation is 2. The van der Waals surface area contributed by atoms with Crippen LogP contribution >= 0.6 is 0 Å². The van der Waals surface area contributed by atoms with Crippen molar-refractivity contribution in [1.82, 2.24) is 15.1 Å². The summed E-state index contributed by atoms with van der Waals surface area (Å²) in [4.78, 5) is 23.6. The molecule has 0 aromatic carbocycles. The van der Waals surface area contributed by atoms with Gasteiger partial charge in [-0.15, -0.1) is 0 Å². The molecule has 0 aliphatic heterocycles. The summed E-state index contributed by atoms with van der Waals surface area (Å²) >= 11 is 0. The highest BCUT2D eigenvalue weighted by Crippen LogP contribution is 2.05. The second-order valence-electron chi connectivity index (χ2n) is 4.07. The molecule has 2 N–H and O–H groups in total. The van der Waals surface area contributed by atoms with Crippen LogP contribution in [0.15, 0.2) is 4.79 Å². The summed E-state index contributed by atoms with van der Waals surface area (Å²) in [7, 11) is 1.50. The molecule has 94 valence electrons. The van der Waals surface area contributed by atoms with Gasteiger partial charge in [-0.05, 0) is 26.3 Å². The quantitative estimate of drug-likeness (QED) is 0.745. The van der Waals surface area contributed by atoms with Crippen LogP contribution in [0.5, 0.6) is 0 Å². The molecule has 17 heavy (non-hydrogen) atoms. The van der Waals surface area contributed by atoms with E-state index in [1.54, 1.807) is 20.8 Å². The number of rotatable bonds is 3. The molecule has 0 aliphatic rings. The molecular weight excluding hydrogens is 222 g/mol. The van der Waals surface area contributed by atoms with E-state index < -0.39 is 17.6 Å². The van der Waals surface area contributed by atoms with Crippen molar-refractivity contribution < 1.29 is 9.90 Å². The number of nitrogens with one attached hydrogen (secondary N) is 1. The first kappa shape index (κ1) is 13.4. The van der Waals surface area contributed by atoms with Crippen LogP contribution in [0.3, 0.4) is 0 Å². The molecule has 1 unspecified atom stereocenters. The predicted molar refractivity (Wildman–Crippen MR) is 63.0 cm³/mol. The highest BCUT2D eigenvalue weighted by atomic mass is 16.3. The molecule has 1 rings (SSSR count). The third kappa shape index (κ3) is 2.91. The lowest BCUT2D eigenvalue weighted by Crippen LogP contribution is -2.37. The molecule has 0 saturated heterocycles. The summed E-state index contributed by atoms with van der Waals surface area (Å²) in [6, 6.07) is 0. The van der Waals surface area contributed by atoms with Crippen LogP contribution in [0, 0.1) is 13.8 Å². The Hall–Kier alpha value is -1.69. The van der Waals surface area contributed by atoms with Gasteiger partial charge in [-0.1, -0.05) is 0 Å². The molecule has 1 aromatic heterocycles. The second kappa shape index (κ2) is 5.09. The Morgan fingerprint density at radius 1 is 1.53 bits per heavy atom. The fourth-order valence-electron chi connectivity index (χ4n) is 1.44. The Labute approximate surface area is 99.3 Å². The normalized spacial score (nSPS) is 12.3. The Morgan fingerprint density at radius 3 is 2.65 bits per heavy atom. The van der Waals surface area contributed by atoms with Gasteiger partial charge in [-0.25, -0.2) is 4.68 Å². The fraction of sp³-hybridized carbons (Fsp3) is 0.545. The third-order valence-corrected chi connectivity index (χ3v) is 2.51. The van der Waals surface area contributed by atoms with Gasteiger partial charge < -0.3 is 10.4 Å². The second-order valence-corrected chi connectivity index (χ2v) is 4.07. The van der Waals surface area contributed by atoms with E-state index in [4.69, 9.17) is 5.11 Å². The number of hydrogen-bond donors (Lipinski definition) is 2. The van der Waals surface area contributed by atoms with E-state index in [0.717, 1.165) is 4.68 Å². The van der Waals surface area contributed by atoms with Crippen LogP contribution in [-0.2, 0) is 7.05 Å². The number of hydrogen-bond acceptors (Lipinski definition) is 4. The van der Waals surface area contributed by atoms with Gasteiger partial charge >= 0.3 is 0 Å². The molecule has 0 aliphatic carbocycles. The first-order valence-corrected chi connectivity index (χ1v) is 5.35. The van der Waals surface area contributed by atoms with Crippen LogP contribution in [0.25, 0.3) is 0 Å². The molecule has 1 aromatic rings. The van der Waals surface area contributed by atoms with Crippen molar-refractivity contribution in [1.29, 1.82) is 0 Å². The Kier molecular flexibility index (Phi) is 4.01. The zero-order valence-corrected chi connectivity index (χ0v) is 10.4. The van der Waals surface area contributed by atoms with Gasteiger partial charge in [-0.2, -0.15) is 5.10 Å². The van der Waals surface area contributed by atoms with E-state index in [1.165, 1.54) is 7.05 Å². The SMILES string of the molecule is Cc1nn(C)c(=O)c(C(=O)NCC(C)O)c1C. The zero-order valence-electron chi connectivity index (χ0n) is 10.4. The molecule has 0 spiro atoms. The number of aromatic nitrogens is 2. The monoisotopic (exact) mass is 239 g/mol. The van der Waals surface area contributed by atoms with E-state index in [1.807, 2.05) is 0 Å². The molecule has 0 fully saturated rings. The summed E-state index contributed by atoms with van der Waals surface area (Å²) in [6.45, 7) is 5.09. The average Bonchev–Trinajstić information content (AvgIpc) is 2.24. The maximum absolute atomic E-state index is 11.8. The molecule has 6 nitrogen and oxygen atoms in total. The van der Waals surface area contributed by atoms with Gasteiger partial charge in [0.25, 0.3) is 11.5 Å².